The Balaban J connectivity index is 4.95. The first-order chi connectivity index (χ1) is 8.60. The van der Waals surface area contributed by atoms with E-state index in [1.165, 1.54) is 0 Å². The van der Waals surface area contributed by atoms with Gasteiger partial charge in [-0.05, 0) is 0 Å². The molecule has 116 valence electrons. The van der Waals surface area contributed by atoms with Gasteiger partial charge >= 0.3 is 125 Å². The van der Waals surface area contributed by atoms with Gasteiger partial charge in [-0.25, -0.2) is 0 Å². The van der Waals surface area contributed by atoms with Gasteiger partial charge in [0.25, 0.3) is 0 Å². The van der Waals surface area contributed by atoms with Crippen molar-refractivity contribution in [2.24, 2.45) is 0 Å². The molecule has 19 heavy (non-hydrogen) atoms. The van der Waals surface area contributed by atoms with Crippen LogP contribution < -0.4 is 0 Å². The molecule has 0 saturated carbocycles. The molecule has 0 aromatic rings. The molecule has 0 saturated heterocycles. The van der Waals surface area contributed by atoms with Crippen molar-refractivity contribution in [3.05, 3.63) is 0 Å². The van der Waals surface area contributed by atoms with Gasteiger partial charge in [0.2, 0.25) is 0 Å². The second-order valence-electron chi connectivity index (χ2n) is 6.30. The summed E-state index contributed by atoms with van der Waals surface area (Å²) in [5.74, 6) is 0. The van der Waals surface area contributed by atoms with Gasteiger partial charge in [-0.3, -0.25) is 0 Å². The fourth-order valence-corrected chi connectivity index (χ4v) is 12.5. The van der Waals surface area contributed by atoms with E-state index in [1.54, 1.807) is 0 Å². The molecule has 0 radical (unpaired) electrons. The topological polar surface area (TPSA) is 58.9 Å². The van der Waals surface area contributed by atoms with Crippen molar-refractivity contribution in [1.82, 2.24) is 0 Å². The van der Waals surface area contributed by atoms with Crippen LogP contribution in [-0.4, -0.2) is 21.3 Å². The van der Waals surface area contributed by atoms with Crippen LogP contribution in [0.4, 0.5) is 0 Å². The van der Waals surface area contributed by atoms with Gasteiger partial charge in [0.1, 0.15) is 0 Å². The van der Waals surface area contributed by atoms with E-state index in [1.807, 2.05) is 20.8 Å². The summed E-state index contributed by atoms with van der Waals surface area (Å²) in [5.41, 5.74) is -0.575. The Hall–Kier alpha value is 0.771. The second kappa shape index (κ2) is 8.27. The Bertz CT molecular complexity index is 236. The predicted octanol–water partition coefficient (Wildman–Crippen LogP) is 3.79. The van der Waals surface area contributed by atoms with Crippen LogP contribution in [0.2, 0.25) is 18.1 Å². The molecule has 0 atom stereocenters. The Kier molecular flexibility index (Phi) is 8.61. The third-order valence-electron chi connectivity index (χ3n) is 2.91. The van der Waals surface area contributed by atoms with E-state index in [9.17, 15) is 7.38 Å². The van der Waals surface area contributed by atoms with Crippen LogP contribution in [0, 0.1) is 0 Å². The fourth-order valence-electron chi connectivity index (χ4n) is 2.60. The molecule has 2 N–H and O–H groups in total. The molecular formula is C13H32O4SiTi. The first kappa shape index (κ1) is 19.8. The molecule has 0 rings (SSSR count). The molecule has 0 unspecified atom stereocenters. The first-order valence-electron chi connectivity index (χ1n) is 7.45. The molecule has 0 aromatic carbocycles. The van der Waals surface area contributed by atoms with E-state index in [-0.39, 0.29) is 0 Å². The standard InChI is InChI=1S/C9H21OSi.C4H9O.2H2O.Ti/c1-4-7-11(10,8-5-2)9-6-3;1-4(2,3)5;;;/h4-9H2,1-3H3;1-3H3;2*1H2;/q2*-1;;;+4/p-2. The van der Waals surface area contributed by atoms with Gasteiger partial charge < -0.3 is 0 Å². The summed E-state index contributed by atoms with van der Waals surface area (Å²) < 4.78 is 31.8. The maximum absolute atomic E-state index is 10.2. The van der Waals surface area contributed by atoms with Crippen molar-refractivity contribution in [1.29, 1.82) is 0 Å². The average molecular weight is 328 g/mol. The zero-order valence-electron chi connectivity index (χ0n) is 13.5. The summed E-state index contributed by atoms with van der Waals surface area (Å²) in [6.45, 7) is 11.9. The molecule has 0 aromatic heterocycles. The summed E-state index contributed by atoms with van der Waals surface area (Å²) in [5, 5.41) is 0. The maximum atomic E-state index is 10.2. The van der Waals surface area contributed by atoms with Crippen LogP contribution >= 0.6 is 0 Å². The first-order valence-corrected chi connectivity index (χ1v) is 12.6. The van der Waals surface area contributed by atoms with Gasteiger partial charge in [-0.2, -0.15) is 0 Å². The quantitative estimate of drug-likeness (QED) is 0.632. The number of hydrogen-bond acceptors (Lipinski definition) is 4. The Labute approximate surface area is 124 Å². The number of hydrogen-bond donors (Lipinski definition) is 2. The third kappa shape index (κ3) is 8.60. The van der Waals surface area contributed by atoms with Gasteiger partial charge in [0.15, 0.2) is 0 Å². The van der Waals surface area contributed by atoms with Crippen molar-refractivity contribution in [2.75, 3.05) is 0 Å². The molecule has 6 heteroatoms. The normalized spacial score (nSPS) is 13.9. The molecular weight excluding hydrogens is 296 g/mol. The van der Waals surface area contributed by atoms with Crippen LogP contribution in [-0.2, 0) is 24.5 Å². The van der Waals surface area contributed by atoms with E-state index in [0.717, 1.165) is 37.4 Å². The van der Waals surface area contributed by atoms with Crippen molar-refractivity contribution in [2.45, 2.75) is 84.5 Å². The van der Waals surface area contributed by atoms with Crippen LogP contribution in [0.5, 0.6) is 0 Å². The molecule has 0 aliphatic rings. The minimum absolute atomic E-state index is 0.575. The number of rotatable bonds is 9. The zero-order chi connectivity index (χ0) is 15.2. The van der Waals surface area contributed by atoms with Crippen LogP contribution in [0.1, 0.15) is 60.8 Å². The summed E-state index contributed by atoms with van der Waals surface area (Å²) in [6, 6.07) is 2.95. The third-order valence-corrected chi connectivity index (χ3v) is 12.5. The minimum atomic E-state index is -4.57. The molecule has 0 amide bonds. The summed E-state index contributed by atoms with van der Waals surface area (Å²) >= 11 is -4.57. The Morgan fingerprint density at radius 3 is 1.53 bits per heavy atom. The molecule has 0 heterocycles. The fraction of sp³-hybridized carbons (Fsp3) is 1.00. The van der Waals surface area contributed by atoms with Crippen molar-refractivity contribution >= 4 is 8.32 Å². The van der Waals surface area contributed by atoms with Crippen LogP contribution in [0.3, 0.4) is 0 Å². The summed E-state index contributed by atoms with van der Waals surface area (Å²) in [6.07, 6.45) is 3.08. The molecule has 0 aliphatic heterocycles. The SMILES string of the molecule is CCC[Si](CCC)(CCC)[O][Ti]([OH])([OH])[O]C(C)(C)C. The summed E-state index contributed by atoms with van der Waals surface area (Å²) in [4.78, 5) is 0. The van der Waals surface area contributed by atoms with Gasteiger partial charge in [0, 0.05) is 0 Å². The van der Waals surface area contributed by atoms with Gasteiger partial charge in [-0.15, -0.1) is 0 Å². The monoisotopic (exact) mass is 328 g/mol. The van der Waals surface area contributed by atoms with Crippen LogP contribution in [0.25, 0.3) is 0 Å². The van der Waals surface area contributed by atoms with Crippen molar-refractivity contribution < 1.29 is 31.8 Å². The van der Waals surface area contributed by atoms with E-state index in [4.69, 9.17) is 6.33 Å². The van der Waals surface area contributed by atoms with E-state index < -0.39 is 32.1 Å². The van der Waals surface area contributed by atoms with Crippen molar-refractivity contribution in [3.63, 3.8) is 0 Å². The predicted molar refractivity (Wildman–Crippen MR) is 77.4 cm³/mol. The van der Waals surface area contributed by atoms with Crippen LogP contribution in [0.15, 0.2) is 0 Å². The summed E-state index contributed by atoms with van der Waals surface area (Å²) in [7, 11) is -2.07. The Morgan fingerprint density at radius 1 is 0.895 bits per heavy atom. The van der Waals surface area contributed by atoms with Gasteiger partial charge in [0.05, 0.1) is 0 Å². The molecule has 4 nitrogen and oxygen atoms in total. The Morgan fingerprint density at radius 2 is 1.26 bits per heavy atom. The molecule has 0 bridgehead atoms. The van der Waals surface area contributed by atoms with E-state index in [2.05, 4.69) is 20.8 Å². The molecule has 0 fully saturated rings. The zero-order valence-corrected chi connectivity index (χ0v) is 16.0. The average Bonchev–Trinajstić information content (AvgIpc) is 2.13. The molecule has 0 spiro atoms. The van der Waals surface area contributed by atoms with Gasteiger partial charge in [-0.1, -0.05) is 0 Å². The van der Waals surface area contributed by atoms with E-state index >= 15 is 0 Å². The van der Waals surface area contributed by atoms with Crippen molar-refractivity contribution in [3.8, 4) is 0 Å². The second-order valence-corrected chi connectivity index (χ2v) is 13.4. The van der Waals surface area contributed by atoms with E-state index in [0.29, 0.717) is 0 Å². The molecule has 0 aliphatic carbocycles.